The predicted octanol–water partition coefficient (Wildman–Crippen LogP) is 2.05. The SMILES string of the molecule is Cc1csc(C2CC(=O)CCN2)c1. The van der Waals surface area contributed by atoms with Gasteiger partial charge in [-0.15, -0.1) is 11.3 Å². The van der Waals surface area contributed by atoms with E-state index in [4.69, 9.17) is 0 Å². The summed E-state index contributed by atoms with van der Waals surface area (Å²) in [7, 11) is 0. The Morgan fingerprint density at radius 2 is 2.46 bits per heavy atom. The average Bonchev–Trinajstić information content (AvgIpc) is 2.52. The van der Waals surface area contributed by atoms with Gasteiger partial charge < -0.3 is 5.32 Å². The van der Waals surface area contributed by atoms with Gasteiger partial charge in [0.1, 0.15) is 5.78 Å². The number of piperidine rings is 1. The Morgan fingerprint density at radius 1 is 1.62 bits per heavy atom. The van der Waals surface area contributed by atoms with E-state index in [-0.39, 0.29) is 6.04 Å². The lowest BCUT2D eigenvalue weighted by molar-refractivity contribution is -0.120. The van der Waals surface area contributed by atoms with Crippen LogP contribution in [0.5, 0.6) is 0 Å². The first-order valence-corrected chi connectivity index (χ1v) is 5.44. The van der Waals surface area contributed by atoms with Gasteiger partial charge in [-0.1, -0.05) is 0 Å². The van der Waals surface area contributed by atoms with E-state index in [2.05, 4.69) is 23.7 Å². The summed E-state index contributed by atoms with van der Waals surface area (Å²) in [5.41, 5.74) is 1.29. The largest absolute Gasteiger partial charge is 0.308 e. The summed E-state index contributed by atoms with van der Waals surface area (Å²) in [5.74, 6) is 0.384. The summed E-state index contributed by atoms with van der Waals surface area (Å²) in [6.07, 6.45) is 1.36. The number of rotatable bonds is 1. The highest BCUT2D eigenvalue weighted by Crippen LogP contribution is 2.26. The van der Waals surface area contributed by atoms with E-state index in [1.165, 1.54) is 10.4 Å². The summed E-state index contributed by atoms with van der Waals surface area (Å²) >= 11 is 1.74. The van der Waals surface area contributed by atoms with Crippen LogP contribution in [-0.4, -0.2) is 12.3 Å². The maximum absolute atomic E-state index is 11.2. The van der Waals surface area contributed by atoms with E-state index >= 15 is 0 Å². The Kier molecular flexibility index (Phi) is 2.47. The van der Waals surface area contributed by atoms with Crippen molar-refractivity contribution in [3.8, 4) is 0 Å². The second-order valence-corrected chi connectivity index (χ2v) is 4.47. The molecule has 0 bridgehead atoms. The lowest BCUT2D eigenvalue weighted by Crippen LogP contribution is -2.31. The molecule has 0 radical (unpaired) electrons. The number of hydrogen-bond donors (Lipinski definition) is 1. The predicted molar refractivity (Wildman–Crippen MR) is 54.0 cm³/mol. The minimum atomic E-state index is 0.278. The smallest absolute Gasteiger partial charge is 0.136 e. The lowest BCUT2D eigenvalue weighted by atomic mass is 10.0. The Hall–Kier alpha value is -0.670. The minimum absolute atomic E-state index is 0.278. The van der Waals surface area contributed by atoms with Gasteiger partial charge in [0.05, 0.1) is 0 Å². The molecule has 2 nitrogen and oxygen atoms in total. The van der Waals surface area contributed by atoms with Crippen LogP contribution in [0, 0.1) is 6.92 Å². The molecule has 13 heavy (non-hydrogen) atoms. The molecule has 1 saturated heterocycles. The van der Waals surface area contributed by atoms with Gasteiger partial charge in [-0.2, -0.15) is 0 Å². The van der Waals surface area contributed by atoms with Crippen molar-refractivity contribution in [3.05, 3.63) is 21.9 Å². The van der Waals surface area contributed by atoms with Crippen LogP contribution >= 0.6 is 11.3 Å². The molecule has 1 fully saturated rings. The molecule has 1 aliphatic heterocycles. The van der Waals surface area contributed by atoms with Gasteiger partial charge in [-0.3, -0.25) is 4.79 Å². The zero-order valence-corrected chi connectivity index (χ0v) is 8.49. The Morgan fingerprint density at radius 3 is 3.08 bits per heavy atom. The number of ketones is 1. The first-order chi connectivity index (χ1) is 6.25. The molecule has 1 aromatic heterocycles. The van der Waals surface area contributed by atoms with Gasteiger partial charge in [-0.05, 0) is 23.9 Å². The number of thiophene rings is 1. The third-order valence-electron chi connectivity index (χ3n) is 2.32. The van der Waals surface area contributed by atoms with Crippen LogP contribution in [0.4, 0.5) is 0 Å². The van der Waals surface area contributed by atoms with Crippen LogP contribution < -0.4 is 5.32 Å². The third kappa shape index (κ3) is 1.98. The summed E-state index contributed by atoms with van der Waals surface area (Å²) in [6.45, 7) is 2.92. The molecule has 2 rings (SSSR count). The molecule has 0 aliphatic carbocycles. The normalized spacial score (nSPS) is 23.5. The highest BCUT2D eigenvalue weighted by Gasteiger charge is 2.20. The number of carbonyl (C=O) groups excluding carboxylic acids is 1. The van der Waals surface area contributed by atoms with Gasteiger partial charge in [0.2, 0.25) is 0 Å². The molecule has 0 amide bonds. The highest BCUT2D eigenvalue weighted by atomic mass is 32.1. The quantitative estimate of drug-likeness (QED) is 0.743. The number of Topliss-reactive ketones (excluding diaryl/α,β-unsaturated/α-hetero) is 1. The molecule has 1 atom stereocenters. The molecule has 70 valence electrons. The summed E-state index contributed by atoms with van der Waals surface area (Å²) in [4.78, 5) is 12.5. The molecule has 0 spiro atoms. The van der Waals surface area contributed by atoms with Gasteiger partial charge in [0.25, 0.3) is 0 Å². The van der Waals surface area contributed by atoms with Crippen LogP contribution in [0.3, 0.4) is 0 Å². The fourth-order valence-electron chi connectivity index (χ4n) is 1.63. The van der Waals surface area contributed by atoms with E-state index < -0.39 is 0 Å². The highest BCUT2D eigenvalue weighted by molar-refractivity contribution is 7.10. The molecule has 2 heterocycles. The first-order valence-electron chi connectivity index (χ1n) is 4.56. The molecule has 1 unspecified atom stereocenters. The fraction of sp³-hybridized carbons (Fsp3) is 0.500. The first kappa shape index (κ1) is 8.91. The number of hydrogen-bond acceptors (Lipinski definition) is 3. The molecule has 1 aliphatic rings. The molecular formula is C10H13NOS. The van der Waals surface area contributed by atoms with Crippen LogP contribution in [0.25, 0.3) is 0 Å². The van der Waals surface area contributed by atoms with Gasteiger partial charge >= 0.3 is 0 Å². The summed E-state index contributed by atoms with van der Waals surface area (Å²) in [6, 6.07) is 2.45. The zero-order chi connectivity index (χ0) is 9.26. The standard InChI is InChI=1S/C10H13NOS/c1-7-4-10(13-6-7)9-5-8(12)2-3-11-9/h4,6,9,11H,2-3,5H2,1H3. The summed E-state index contributed by atoms with van der Waals surface area (Å²) < 4.78 is 0. The van der Waals surface area contributed by atoms with Crippen molar-refractivity contribution in [1.82, 2.24) is 5.32 Å². The van der Waals surface area contributed by atoms with Gasteiger partial charge in [-0.25, -0.2) is 0 Å². The molecule has 3 heteroatoms. The van der Waals surface area contributed by atoms with Crippen molar-refractivity contribution in [3.63, 3.8) is 0 Å². The maximum Gasteiger partial charge on any atom is 0.136 e. The van der Waals surface area contributed by atoms with Crippen molar-refractivity contribution >= 4 is 17.1 Å². The monoisotopic (exact) mass is 195 g/mol. The number of nitrogens with one attached hydrogen (secondary N) is 1. The molecule has 0 aromatic carbocycles. The summed E-state index contributed by atoms with van der Waals surface area (Å²) in [5, 5.41) is 5.50. The van der Waals surface area contributed by atoms with Gasteiger partial charge in [0, 0.05) is 30.3 Å². The maximum atomic E-state index is 11.2. The lowest BCUT2D eigenvalue weighted by Gasteiger charge is -2.21. The number of aryl methyl sites for hydroxylation is 1. The second kappa shape index (κ2) is 3.60. The third-order valence-corrected chi connectivity index (χ3v) is 3.48. The molecular weight excluding hydrogens is 182 g/mol. The van der Waals surface area contributed by atoms with Crippen molar-refractivity contribution < 1.29 is 4.79 Å². The van der Waals surface area contributed by atoms with Crippen LogP contribution in [0.1, 0.15) is 29.3 Å². The van der Waals surface area contributed by atoms with Gasteiger partial charge in [0.15, 0.2) is 0 Å². The van der Waals surface area contributed by atoms with Crippen LogP contribution in [0.2, 0.25) is 0 Å². The van der Waals surface area contributed by atoms with E-state index in [1.807, 2.05) is 0 Å². The van der Waals surface area contributed by atoms with Crippen molar-refractivity contribution in [1.29, 1.82) is 0 Å². The van der Waals surface area contributed by atoms with E-state index in [1.54, 1.807) is 11.3 Å². The van der Waals surface area contributed by atoms with Crippen LogP contribution in [-0.2, 0) is 4.79 Å². The molecule has 1 aromatic rings. The van der Waals surface area contributed by atoms with E-state index in [9.17, 15) is 4.79 Å². The second-order valence-electron chi connectivity index (χ2n) is 3.53. The molecule has 1 N–H and O–H groups in total. The number of carbonyl (C=O) groups is 1. The van der Waals surface area contributed by atoms with Crippen molar-refractivity contribution in [2.24, 2.45) is 0 Å². The Balaban J connectivity index is 2.12. The topological polar surface area (TPSA) is 29.1 Å². The average molecular weight is 195 g/mol. The van der Waals surface area contributed by atoms with Crippen molar-refractivity contribution in [2.75, 3.05) is 6.54 Å². The fourth-order valence-corrected chi connectivity index (χ4v) is 2.60. The van der Waals surface area contributed by atoms with E-state index in [0.717, 1.165) is 6.54 Å². The zero-order valence-electron chi connectivity index (χ0n) is 7.67. The Bertz CT molecular complexity index is 318. The van der Waals surface area contributed by atoms with E-state index in [0.29, 0.717) is 18.6 Å². The van der Waals surface area contributed by atoms with Crippen LogP contribution in [0.15, 0.2) is 11.4 Å². The Labute approximate surface area is 82.0 Å². The molecule has 0 saturated carbocycles. The van der Waals surface area contributed by atoms with Crippen molar-refractivity contribution in [2.45, 2.75) is 25.8 Å². The minimum Gasteiger partial charge on any atom is -0.308 e.